The summed E-state index contributed by atoms with van der Waals surface area (Å²) in [5.74, 6) is 0. The average molecular weight is 94.3 g/mol. The summed E-state index contributed by atoms with van der Waals surface area (Å²) in [6.45, 7) is 2.01. The minimum absolute atomic E-state index is 0.503. The third kappa shape index (κ3) is 4.22. The van der Waals surface area contributed by atoms with E-state index in [0.717, 1.165) is 12.8 Å². The Balaban J connectivity index is 3.11. The van der Waals surface area contributed by atoms with Crippen LogP contribution in [0.5, 0.6) is 0 Å². The Bertz CT molecular complexity index is 58.8. The molecule has 0 bridgehead atoms. The average Bonchev–Trinajstić information content (AvgIpc) is 1.59. The monoisotopic (exact) mass is 94.1 g/mol. The van der Waals surface area contributed by atoms with Crippen LogP contribution in [0.1, 0.15) is 19.8 Å². The quantitative estimate of drug-likeness (QED) is 0.449. The number of hydrogen-bond donors (Lipinski definition) is 0. The van der Waals surface area contributed by atoms with Crippen molar-refractivity contribution in [3.63, 3.8) is 0 Å². The lowest BCUT2D eigenvalue weighted by Crippen LogP contribution is -1.63. The molecule has 0 nitrogen and oxygen atoms in total. The van der Waals surface area contributed by atoms with Crippen molar-refractivity contribution in [1.82, 2.24) is 0 Å². The summed E-state index contributed by atoms with van der Waals surface area (Å²) in [5.41, 5.74) is 0. The lowest BCUT2D eigenvalue weighted by molar-refractivity contribution is 0.884. The summed E-state index contributed by atoms with van der Waals surface area (Å²) in [6, 6.07) is 0.503. The zero-order valence-electron chi connectivity index (χ0n) is 6.62. The van der Waals surface area contributed by atoms with Gasteiger partial charge in [-0.2, -0.15) is 0 Å². The molecule has 0 aromatic rings. The highest BCUT2D eigenvalue weighted by atomic mass is 28.1. The maximum Gasteiger partial charge on any atom is 0.00729 e. The van der Waals surface area contributed by atoms with Gasteiger partial charge in [0.25, 0.3) is 0 Å². The second kappa shape index (κ2) is 4.22. The molecule has 5 heavy (non-hydrogen) atoms. The first kappa shape index (κ1) is 1.78. The van der Waals surface area contributed by atoms with Gasteiger partial charge >= 0.3 is 0 Å². The predicted octanol–water partition coefficient (Wildman–Crippen LogP) is 0.570. The van der Waals surface area contributed by atoms with Crippen molar-refractivity contribution >= 4 is 10.0 Å². The molecule has 0 saturated heterocycles. The van der Waals surface area contributed by atoms with Crippen molar-refractivity contribution in [2.24, 2.45) is 0 Å². The first-order valence-electron chi connectivity index (χ1n) is 3.56. The van der Waals surface area contributed by atoms with Crippen LogP contribution in [0.4, 0.5) is 0 Å². The van der Waals surface area contributed by atoms with Crippen LogP contribution in [0.25, 0.3) is 0 Å². The smallest absolute Gasteiger partial charge is 0.00729 e. The molecule has 1 heteroatoms. The van der Waals surface area contributed by atoms with Crippen LogP contribution in [0.3, 0.4) is 0 Å². The van der Waals surface area contributed by atoms with Gasteiger partial charge in [0.05, 0.1) is 0 Å². The maximum absolute atomic E-state index is 6.91. The van der Waals surface area contributed by atoms with Gasteiger partial charge in [0, 0.05) is 13.7 Å². The minimum atomic E-state index is -2.93. The van der Waals surface area contributed by atoms with Crippen molar-refractivity contribution in [2.75, 3.05) is 0 Å². The predicted molar refractivity (Wildman–Crippen MR) is 29.7 cm³/mol. The molecule has 0 N–H and O–H groups in total. The van der Waals surface area contributed by atoms with Gasteiger partial charge in [0.15, 0.2) is 0 Å². The number of hydrogen-bond acceptors (Lipinski definition) is 0. The van der Waals surface area contributed by atoms with Gasteiger partial charge < -0.3 is 0 Å². The molecule has 0 fully saturated rings. The van der Waals surface area contributed by atoms with Crippen LogP contribution >= 0.6 is 0 Å². The molecule has 0 aliphatic heterocycles. The molecule has 0 radical (unpaired) electrons. The third-order valence-electron chi connectivity index (χ3n) is 0.530. The van der Waals surface area contributed by atoms with Crippen molar-refractivity contribution < 1.29 is 0 Å². The molecule has 0 aliphatic rings. The van der Waals surface area contributed by atoms with Crippen LogP contribution < -0.4 is 0 Å². The molecular formula is C4H12Si. The molecule has 0 amide bonds. The van der Waals surface area contributed by atoms with E-state index in [0.29, 0.717) is 6.04 Å². The molecule has 0 rings (SSSR count). The Kier molecular flexibility index (Phi) is 1.50. The molecule has 0 unspecified atom stereocenters. The fourth-order valence-electron chi connectivity index (χ4n) is 0.177. The van der Waals surface area contributed by atoms with Crippen LogP contribution in [0.2, 0.25) is 6.04 Å². The maximum atomic E-state index is 6.91. The van der Waals surface area contributed by atoms with Crippen molar-refractivity contribution in [3.05, 3.63) is 0 Å². The van der Waals surface area contributed by atoms with E-state index in [9.17, 15) is 0 Å². The summed E-state index contributed by atoms with van der Waals surface area (Å²) in [4.78, 5) is 0. The van der Waals surface area contributed by atoms with E-state index < -0.39 is 10.0 Å². The molecule has 0 aliphatic carbocycles. The van der Waals surface area contributed by atoms with Gasteiger partial charge in [-0.1, -0.05) is 25.8 Å². The van der Waals surface area contributed by atoms with Crippen molar-refractivity contribution in [3.8, 4) is 0 Å². The fourth-order valence-corrected chi connectivity index (χ4v) is 0.530. The van der Waals surface area contributed by atoms with Crippen LogP contribution in [-0.2, 0) is 0 Å². The highest BCUT2D eigenvalue weighted by Gasteiger charge is 1.68. The van der Waals surface area contributed by atoms with Crippen LogP contribution in [-0.4, -0.2) is 13.7 Å². The summed E-state index contributed by atoms with van der Waals surface area (Å²) >= 11 is 0. The Morgan fingerprint density at radius 3 is 3.00 bits per heavy atom. The molecule has 0 aromatic heterocycles. The second-order valence-corrected chi connectivity index (χ2v) is 1.60. The Labute approximate surface area is 40.7 Å². The largest absolute Gasteiger partial charge is 0.0659 e. The second-order valence-electron chi connectivity index (χ2n) is 1.10. The first-order chi connectivity index (χ1) is 3.56. The first-order valence-corrected chi connectivity index (χ1v) is 2.77. The summed E-state index contributed by atoms with van der Waals surface area (Å²) in [6.07, 6.45) is 1.88. The standard InChI is InChI=1S/C4H12Si/c1-2-3-4-5/h2-4H2,1,5H3/i5T3. The highest BCUT2D eigenvalue weighted by Crippen LogP contribution is 1.86. The molecule has 0 heterocycles. The van der Waals surface area contributed by atoms with Gasteiger partial charge in [-0.3, -0.25) is 0 Å². The van der Waals surface area contributed by atoms with E-state index in [4.69, 9.17) is 3.70 Å². The summed E-state index contributed by atoms with van der Waals surface area (Å²) in [7, 11) is -2.93. The number of rotatable bonds is 3. The number of unbranched alkanes of at least 4 members (excludes halogenated alkanes) is 1. The SMILES string of the molecule is [3H][Si]([3H])([3H])CCCC. The van der Waals surface area contributed by atoms with E-state index in [2.05, 4.69) is 0 Å². The van der Waals surface area contributed by atoms with Gasteiger partial charge in [-0.25, -0.2) is 0 Å². The van der Waals surface area contributed by atoms with E-state index in [1.54, 1.807) is 0 Å². The van der Waals surface area contributed by atoms with Crippen LogP contribution in [0, 0.1) is 0 Å². The van der Waals surface area contributed by atoms with E-state index in [1.807, 2.05) is 6.92 Å². The minimum Gasteiger partial charge on any atom is -0.0659 e. The molecular weight excluding hydrogens is 76.1 g/mol. The van der Waals surface area contributed by atoms with E-state index in [-0.39, 0.29) is 0 Å². The third-order valence-corrected chi connectivity index (χ3v) is 0.884. The van der Waals surface area contributed by atoms with Gasteiger partial charge in [0.2, 0.25) is 0 Å². The Morgan fingerprint density at radius 2 is 2.80 bits per heavy atom. The fraction of sp³-hybridized carbons (Fsp3) is 1.00. The topological polar surface area (TPSA) is 0 Å². The van der Waals surface area contributed by atoms with Gasteiger partial charge in [-0.15, -0.1) is 0 Å². The highest BCUT2D eigenvalue weighted by molar-refractivity contribution is 6.08. The Hall–Kier alpha value is 0.217. The van der Waals surface area contributed by atoms with E-state index in [1.165, 1.54) is 0 Å². The van der Waals surface area contributed by atoms with E-state index >= 15 is 0 Å². The zero-order valence-corrected chi connectivity index (χ0v) is 4.62. The normalized spacial score (nSPS) is 19.8. The molecule has 0 spiro atoms. The molecule has 0 atom stereocenters. The van der Waals surface area contributed by atoms with Gasteiger partial charge in [0.1, 0.15) is 0 Å². The lowest BCUT2D eigenvalue weighted by Gasteiger charge is -1.79. The molecule has 0 aromatic carbocycles. The van der Waals surface area contributed by atoms with Crippen molar-refractivity contribution in [2.45, 2.75) is 25.8 Å². The van der Waals surface area contributed by atoms with Crippen LogP contribution in [0.15, 0.2) is 0 Å². The van der Waals surface area contributed by atoms with Crippen molar-refractivity contribution in [1.29, 1.82) is 3.70 Å². The Morgan fingerprint density at radius 1 is 2.00 bits per heavy atom. The summed E-state index contributed by atoms with van der Waals surface area (Å²) in [5, 5.41) is 0. The molecule has 0 saturated carbocycles. The lowest BCUT2D eigenvalue weighted by atomic mass is 10.4. The summed E-state index contributed by atoms with van der Waals surface area (Å²) < 4.78 is 20.7. The molecule has 32 valence electrons. The van der Waals surface area contributed by atoms with Gasteiger partial charge in [-0.05, 0) is 0 Å². The zero-order chi connectivity index (χ0) is 6.62.